The van der Waals surface area contributed by atoms with Crippen LogP contribution in [0.2, 0.25) is 0 Å². The Balaban J connectivity index is 0.000000422. The van der Waals surface area contributed by atoms with Crippen LogP contribution in [0.4, 0.5) is 0 Å². The third-order valence-corrected chi connectivity index (χ3v) is 5.50. The Morgan fingerprint density at radius 3 is 1.70 bits per heavy atom. The van der Waals surface area contributed by atoms with Gasteiger partial charge in [0.1, 0.15) is 0 Å². The van der Waals surface area contributed by atoms with E-state index in [-0.39, 0.29) is 32.3 Å². The predicted octanol–water partition coefficient (Wildman–Crippen LogP) is 6.67. The summed E-state index contributed by atoms with van der Waals surface area (Å²) in [6.07, 6.45) is -0.278. The smallest absolute Gasteiger partial charge is 0.238 e. The van der Waals surface area contributed by atoms with E-state index in [4.69, 9.17) is 14.6 Å². The van der Waals surface area contributed by atoms with Crippen molar-refractivity contribution in [2.24, 2.45) is 0 Å². The number of hydrogen-bond acceptors (Lipinski definition) is 5. The van der Waals surface area contributed by atoms with Gasteiger partial charge in [0, 0.05) is 25.7 Å². The fourth-order valence-corrected chi connectivity index (χ4v) is 3.94. The van der Waals surface area contributed by atoms with E-state index in [1.165, 1.54) is 0 Å². The Morgan fingerprint density at radius 1 is 0.649 bits per heavy atom. The first-order chi connectivity index (χ1) is 17.5. The van der Waals surface area contributed by atoms with Crippen molar-refractivity contribution in [1.82, 2.24) is 10.2 Å². The maximum absolute atomic E-state index is 8.56. The fourth-order valence-electron chi connectivity index (χ4n) is 3.94. The molecule has 1 heterocycles. The maximum Gasteiger partial charge on any atom is 0.238 e. The summed E-state index contributed by atoms with van der Waals surface area (Å²) in [5.74, 6) is 0.957. The molecule has 2 atom stereocenters. The van der Waals surface area contributed by atoms with Crippen molar-refractivity contribution >= 4 is 0 Å². The summed E-state index contributed by atoms with van der Waals surface area (Å²) in [6.45, 7) is 3.32. The van der Waals surface area contributed by atoms with Crippen molar-refractivity contribution in [2.75, 3.05) is 0 Å². The third kappa shape index (κ3) is 7.54. The van der Waals surface area contributed by atoms with Gasteiger partial charge in [-0.05, 0) is 37.5 Å². The maximum atomic E-state index is 8.56. The Morgan fingerprint density at radius 2 is 1.14 bits per heavy atom. The molecule has 0 aliphatic heterocycles. The van der Waals surface area contributed by atoms with E-state index in [1.807, 2.05) is 72.8 Å². The van der Waals surface area contributed by atoms with Crippen LogP contribution in [0.25, 0.3) is 45.2 Å². The normalized spacial score (nSPS) is 12.0. The minimum atomic E-state index is -0.375. The van der Waals surface area contributed by atoms with Gasteiger partial charge in [0.25, 0.3) is 0 Å². The minimum Gasteiger partial charge on any atom is -0.464 e. The van der Waals surface area contributed by atoms with Crippen molar-refractivity contribution in [3.8, 4) is 45.2 Å². The molecule has 0 spiro atoms. The van der Waals surface area contributed by atoms with Gasteiger partial charge in [-0.25, -0.2) is 0 Å². The zero-order valence-corrected chi connectivity index (χ0v) is 23.1. The standard InChI is InChI=1S/C26H17N2O.C5H12O2.Ir/c1-3-11-19(12-4-1)21-15-7-9-17-23(21)25-27-28-26(29-25)24-18-10-8-16-22(24)20-13-5-2-6-14-20;1-4(6)3-5(2)7;/h1-17H;4-7H,3H2,1-2H3;/q-1;;. The van der Waals surface area contributed by atoms with Gasteiger partial charge in [-0.15, -0.1) is 29.4 Å². The molecule has 0 bridgehead atoms. The fraction of sp³-hybridized carbons (Fsp3) is 0.161. The number of aliphatic hydroxyl groups excluding tert-OH is 2. The topological polar surface area (TPSA) is 79.4 Å². The molecule has 6 heteroatoms. The number of aromatic nitrogens is 2. The van der Waals surface area contributed by atoms with Gasteiger partial charge in [0.15, 0.2) is 5.89 Å². The first-order valence-corrected chi connectivity index (χ1v) is 11.9. The quantitative estimate of drug-likeness (QED) is 0.198. The van der Waals surface area contributed by atoms with Crippen LogP contribution >= 0.6 is 0 Å². The molecule has 0 aliphatic carbocycles. The molecule has 1 aromatic heterocycles. The van der Waals surface area contributed by atoms with Gasteiger partial charge in [-0.1, -0.05) is 95.6 Å². The summed E-state index contributed by atoms with van der Waals surface area (Å²) < 4.78 is 6.13. The zero-order chi connectivity index (χ0) is 25.3. The Labute approximate surface area is 231 Å². The molecule has 0 aliphatic rings. The number of benzene rings is 4. The van der Waals surface area contributed by atoms with Gasteiger partial charge in [-0.3, -0.25) is 0 Å². The van der Waals surface area contributed by atoms with Gasteiger partial charge in [-0.2, -0.15) is 5.10 Å². The predicted molar refractivity (Wildman–Crippen MR) is 143 cm³/mol. The average molecular weight is 670 g/mol. The van der Waals surface area contributed by atoms with Crippen LogP contribution in [0.3, 0.4) is 0 Å². The molecule has 0 saturated carbocycles. The van der Waals surface area contributed by atoms with Gasteiger partial charge >= 0.3 is 0 Å². The van der Waals surface area contributed by atoms with Crippen LogP contribution in [0.5, 0.6) is 0 Å². The Kier molecular flexibility index (Phi) is 10.5. The van der Waals surface area contributed by atoms with Crippen LogP contribution in [0, 0.1) is 6.07 Å². The van der Waals surface area contributed by atoms with Crippen LogP contribution in [0.15, 0.2) is 108 Å². The molecular formula is C31H29IrN2O3-. The van der Waals surface area contributed by atoms with Crippen molar-refractivity contribution in [2.45, 2.75) is 32.5 Å². The summed E-state index contributed by atoms with van der Waals surface area (Å²) >= 11 is 0. The molecule has 0 amide bonds. The Bertz CT molecular complexity index is 1270. The first kappa shape index (κ1) is 28.2. The Hall–Kier alpha value is -3.41. The zero-order valence-electron chi connectivity index (χ0n) is 20.7. The van der Waals surface area contributed by atoms with Crippen molar-refractivity contribution < 1.29 is 34.7 Å². The van der Waals surface area contributed by atoms with Crippen LogP contribution in [-0.2, 0) is 20.1 Å². The van der Waals surface area contributed by atoms with Gasteiger partial charge < -0.3 is 14.6 Å². The summed E-state index contributed by atoms with van der Waals surface area (Å²) in [6, 6.07) is 37.6. The molecular weight excluding hydrogens is 641 g/mol. The molecule has 2 unspecified atom stereocenters. The van der Waals surface area contributed by atoms with Crippen molar-refractivity contribution in [3.63, 3.8) is 0 Å². The SMILES string of the molecule is CC(O)CC(C)O.[Ir].[c-]1cccc(-c2ccccc2)c1-c1nnc(-c2ccccc2-c2ccccc2)o1. The molecule has 191 valence electrons. The minimum absolute atomic E-state index is 0. The van der Waals surface area contributed by atoms with Crippen molar-refractivity contribution in [1.29, 1.82) is 0 Å². The van der Waals surface area contributed by atoms with E-state index in [1.54, 1.807) is 13.8 Å². The largest absolute Gasteiger partial charge is 0.464 e. The summed E-state index contributed by atoms with van der Waals surface area (Å²) in [5, 5.41) is 25.8. The van der Waals surface area contributed by atoms with Crippen molar-refractivity contribution in [3.05, 3.63) is 109 Å². The summed E-state index contributed by atoms with van der Waals surface area (Å²) in [7, 11) is 0. The molecule has 37 heavy (non-hydrogen) atoms. The monoisotopic (exact) mass is 670 g/mol. The molecule has 5 nitrogen and oxygen atoms in total. The van der Waals surface area contributed by atoms with Crippen LogP contribution < -0.4 is 0 Å². The van der Waals surface area contributed by atoms with E-state index in [0.29, 0.717) is 18.2 Å². The second-order valence-electron chi connectivity index (χ2n) is 8.58. The van der Waals surface area contributed by atoms with E-state index in [2.05, 4.69) is 46.6 Å². The summed E-state index contributed by atoms with van der Waals surface area (Å²) in [4.78, 5) is 0. The summed E-state index contributed by atoms with van der Waals surface area (Å²) in [5.41, 5.74) is 5.98. The second kappa shape index (κ2) is 13.8. The second-order valence-corrected chi connectivity index (χ2v) is 8.58. The molecule has 0 fully saturated rings. The van der Waals surface area contributed by atoms with E-state index >= 15 is 0 Å². The third-order valence-electron chi connectivity index (χ3n) is 5.50. The molecule has 1 radical (unpaired) electrons. The van der Waals surface area contributed by atoms with E-state index in [9.17, 15) is 0 Å². The van der Waals surface area contributed by atoms with E-state index in [0.717, 1.165) is 33.4 Å². The van der Waals surface area contributed by atoms with Gasteiger partial charge in [0.2, 0.25) is 5.89 Å². The molecule has 5 rings (SSSR count). The average Bonchev–Trinajstić information content (AvgIpc) is 3.39. The number of rotatable bonds is 6. The van der Waals surface area contributed by atoms with Crippen LogP contribution in [-0.4, -0.2) is 32.6 Å². The molecule has 2 N–H and O–H groups in total. The molecule has 5 aromatic rings. The number of nitrogens with zero attached hydrogens (tertiary/aromatic N) is 2. The first-order valence-electron chi connectivity index (χ1n) is 11.9. The van der Waals surface area contributed by atoms with E-state index < -0.39 is 0 Å². The number of hydrogen-bond donors (Lipinski definition) is 2. The van der Waals surface area contributed by atoms with Gasteiger partial charge in [0.05, 0.1) is 12.2 Å². The molecule has 0 saturated heterocycles. The molecule has 4 aromatic carbocycles. The number of aliphatic hydroxyl groups is 2. The van der Waals surface area contributed by atoms with Crippen LogP contribution in [0.1, 0.15) is 20.3 Å².